The maximum absolute atomic E-state index is 5.70. The second-order valence-electron chi connectivity index (χ2n) is 8.25. The highest BCUT2D eigenvalue weighted by molar-refractivity contribution is 5.72. The third-order valence-electron chi connectivity index (χ3n) is 5.63. The van der Waals surface area contributed by atoms with Crippen LogP contribution in [-0.4, -0.2) is 0 Å². The SMILES string of the molecule is Nc1ccc(N=Nc2ccc(-c3ccc(-c4ccc(N=Nc5ccc(N)cc5)cc4)cc3)cc2)cc1. The smallest absolute Gasteiger partial charge is 0.0858 e. The molecule has 0 aliphatic carbocycles. The maximum Gasteiger partial charge on any atom is 0.0858 e. The molecule has 0 aliphatic heterocycles. The summed E-state index contributed by atoms with van der Waals surface area (Å²) in [5.74, 6) is 0. The van der Waals surface area contributed by atoms with Crippen LogP contribution in [0.5, 0.6) is 0 Å². The van der Waals surface area contributed by atoms with Crippen LogP contribution in [0.2, 0.25) is 0 Å². The fourth-order valence-electron chi connectivity index (χ4n) is 3.61. The van der Waals surface area contributed by atoms with Gasteiger partial charge >= 0.3 is 0 Å². The molecule has 0 heterocycles. The summed E-state index contributed by atoms with van der Waals surface area (Å²) >= 11 is 0. The van der Waals surface area contributed by atoms with Crippen LogP contribution in [0.25, 0.3) is 22.3 Å². The summed E-state index contributed by atoms with van der Waals surface area (Å²) in [5, 5.41) is 17.1. The summed E-state index contributed by atoms with van der Waals surface area (Å²) in [5.41, 5.74) is 20.4. The zero-order valence-electron chi connectivity index (χ0n) is 19.5. The molecular weight excluding hydrogens is 444 g/mol. The quantitative estimate of drug-likeness (QED) is 0.192. The standard InChI is InChI=1S/C30H24N6/c31-25-9-17-29(18-10-25)35-33-27-13-5-23(6-14-27)21-1-2-22(4-3-21)24-7-15-28(16-8-24)34-36-30-19-11-26(32)12-20-30/h1-20H,31-32H2. The molecule has 174 valence electrons. The van der Waals surface area contributed by atoms with Gasteiger partial charge in [-0.3, -0.25) is 0 Å². The minimum atomic E-state index is 0.707. The molecule has 0 radical (unpaired) electrons. The minimum Gasteiger partial charge on any atom is -0.399 e. The van der Waals surface area contributed by atoms with Crippen LogP contribution in [0.1, 0.15) is 0 Å². The Hall–Kier alpha value is -5.10. The second kappa shape index (κ2) is 10.4. The zero-order valence-corrected chi connectivity index (χ0v) is 19.5. The number of hydrogen-bond acceptors (Lipinski definition) is 6. The van der Waals surface area contributed by atoms with Crippen molar-refractivity contribution in [1.82, 2.24) is 0 Å². The molecule has 0 unspecified atom stereocenters. The molecule has 0 fully saturated rings. The molecule has 5 aromatic rings. The minimum absolute atomic E-state index is 0.707. The van der Waals surface area contributed by atoms with E-state index >= 15 is 0 Å². The van der Waals surface area contributed by atoms with Crippen LogP contribution >= 0.6 is 0 Å². The Kier molecular flexibility index (Phi) is 6.58. The molecule has 5 rings (SSSR count). The van der Waals surface area contributed by atoms with Crippen molar-refractivity contribution in [3.8, 4) is 22.3 Å². The highest BCUT2D eigenvalue weighted by Crippen LogP contribution is 2.29. The number of benzene rings is 5. The average molecular weight is 469 g/mol. The van der Waals surface area contributed by atoms with E-state index in [9.17, 15) is 0 Å². The Balaban J connectivity index is 1.24. The van der Waals surface area contributed by atoms with Gasteiger partial charge in [0.15, 0.2) is 0 Å². The van der Waals surface area contributed by atoms with E-state index in [1.54, 1.807) is 0 Å². The first-order chi connectivity index (χ1) is 17.6. The molecule has 6 nitrogen and oxygen atoms in total. The van der Waals surface area contributed by atoms with E-state index < -0.39 is 0 Å². The van der Waals surface area contributed by atoms with Crippen LogP contribution < -0.4 is 11.5 Å². The number of nitrogens with zero attached hydrogens (tertiary/aromatic N) is 4. The van der Waals surface area contributed by atoms with Gasteiger partial charge in [0.2, 0.25) is 0 Å². The van der Waals surface area contributed by atoms with E-state index in [2.05, 4.69) is 44.7 Å². The summed E-state index contributed by atoms with van der Waals surface area (Å²) in [6.45, 7) is 0. The number of rotatable bonds is 6. The van der Waals surface area contributed by atoms with Gasteiger partial charge in [-0.1, -0.05) is 48.5 Å². The van der Waals surface area contributed by atoms with Crippen LogP contribution in [0.4, 0.5) is 34.1 Å². The predicted molar refractivity (Wildman–Crippen MR) is 147 cm³/mol. The van der Waals surface area contributed by atoms with Crippen LogP contribution in [0.3, 0.4) is 0 Å². The summed E-state index contributed by atoms with van der Waals surface area (Å²) < 4.78 is 0. The fraction of sp³-hybridized carbons (Fsp3) is 0. The molecule has 6 heteroatoms. The number of anilines is 2. The average Bonchev–Trinajstić information content (AvgIpc) is 2.93. The van der Waals surface area contributed by atoms with Gasteiger partial charge in [0.1, 0.15) is 0 Å². The second-order valence-corrected chi connectivity index (χ2v) is 8.25. The highest BCUT2D eigenvalue weighted by Gasteiger charge is 2.02. The Labute approximate surface area is 209 Å². The number of nitrogen functional groups attached to an aromatic ring is 2. The van der Waals surface area contributed by atoms with Crippen molar-refractivity contribution in [2.75, 3.05) is 11.5 Å². The topological polar surface area (TPSA) is 101 Å². The summed E-state index contributed by atoms with van der Waals surface area (Å²) in [6.07, 6.45) is 0. The molecule has 0 aliphatic rings. The van der Waals surface area contributed by atoms with Gasteiger partial charge in [0, 0.05) is 11.4 Å². The van der Waals surface area contributed by atoms with Gasteiger partial charge in [0.05, 0.1) is 22.7 Å². The molecule has 4 N–H and O–H groups in total. The Morgan fingerprint density at radius 1 is 0.278 bits per heavy atom. The van der Waals surface area contributed by atoms with Crippen molar-refractivity contribution in [2.45, 2.75) is 0 Å². The summed E-state index contributed by atoms with van der Waals surface area (Å²) in [4.78, 5) is 0. The third kappa shape index (κ3) is 5.69. The van der Waals surface area contributed by atoms with Crippen molar-refractivity contribution in [3.05, 3.63) is 121 Å². The largest absolute Gasteiger partial charge is 0.399 e. The van der Waals surface area contributed by atoms with Crippen LogP contribution in [-0.2, 0) is 0 Å². The van der Waals surface area contributed by atoms with Gasteiger partial charge in [-0.25, -0.2) is 0 Å². The number of azo groups is 2. The monoisotopic (exact) mass is 468 g/mol. The highest BCUT2D eigenvalue weighted by atomic mass is 15.1. The van der Waals surface area contributed by atoms with Gasteiger partial charge in [-0.15, -0.1) is 0 Å². The molecule has 0 saturated carbocycles. The summed E-state index contributed by atoms with van der Waals surface area (Å²) in [7, 11) is 0. The van der Waals surface area contributed by atoms with Crippen molar-refractivity contribution in [3.63, 3.8) is 0 Å². The van der Waals surface area contributed by atoms with Gasteiger partial charge < -0.3 is 11.5 Å². The number of hydrogen-bond donors (Lipinski definition) is 2. The number of nitrogens with two attached hydrogens (primary N) is 2. The molecule has 0 bridgehead atoms. The van der Waals surface area contributed by atoms with Crippen LogP contribution in [0, 0.1) is 0 Å². The van der Waals surface area contributed by atoms with E-state index in [1.165, 1.54) is 0 Å². The Bertz CT molecular complexity index is 1370. The first-order valence-corrected chi connectivity index (χ1v) is 11.5. The molecule has 0 amide bonds. The first kappa shape index (κ1) is 22.7. The molecular formula is C30H24N6. The lowest BCUT2D eigenvalue weighted by molar-refractivity contribution is 1.23. The molecule has 0 aromatic heterocycles. The van der Waals surface area contributed by atoms with Crippen molar-refractivity contribution >= 4 is 34.1 Å². The fourth-order valence-corrected chi connectivity index (χ4v) is 3.61. The van der Waals surface area contributed by atoms with Gasteiger partial charge in [-0.05, 0) is 95.1 Å². The zero-order chi connectivity index (χ0) is 24.7. The predicted octanol–water partition coefficient (Wildman–Crippen LogP) is 9.02. The summed E-state index contributed by atoms with van der Waals surface area (Å²) in [6, 6.07) is 39.1. The van der Waals surface area contributed by atoms with E-state index in [0.29, 0.717) is 11.4 Å². The van der Waals surface area contributed by atoms with Crippen molar-refractivity contribution in [2.24, 2.45) is 20.5 Å². The van der Waals surface area contributed by atoms with Crippen molar-refractivity contribution < 1.29 is 0 Å². The Morgan fingerprint density at radius 2 is 0.472 bits per heavy atom. The van der Waals surface area contributed by atoms with E-state index in [-0.39, 0.29) is 0 Å². The third-order valence-corrected chi connectivity index (χ3v) is 5.63. The first-order valence-electron chi connectivity index (χ1n) is 11.5. The molecule has 0 spiro atoms. The van der Waals surface area contributed by atoms with E-state index in [1.807, 2.05) is 97.1 Å². The molecule has 0 atom stereocenters. The van der Waals surface area contributed by atoms with Crippen LogP contribution in [0.15, 0.2) is 142 Å². The lowest BCUT2D eigenvalue weighted by Crippen LogP contribution is -1.81. The molecule has 0 saturated heterocycles. The lowest BCUT2D eigenvalue weighted by atomic mass is 10.00. The van der Waals surface area contributed by atoms with Crippen molar-refractivity contribution in [1.29, 1.82) is 0 Å². The lowest BCUT2D eigenvalue weighted by Gasteiger charge is -2.06. The maximum atomic E-state index is 5.70. The normalized spacial score (nSPS) is 11.3. The van der Waals surface area contributed by atoms with Gasteiger partial charge in [0.25, 0.3) is 0 Å². The van der Waals surface area contributed by atoms with E-state index in [4.69, 9.17) is 11.5 Å². The van der Waals surface area contributed by atoms with Gasteiger partial charge in [-0.2, -0.15) is 20.5 Å². The Morgan fingerprint density at radius 3 is 0.722 bits per heavy atom. The molecule has 5 aromatic carbocycles. The van der Waals surface area contributed by atoms with E-state index in [0.717, 1.165) is 45.0 Å². The molecule has 36 heavy (non-hydrogen) atoms.